The number of rotatable bonds is 7. The van der Waals surface area contributed by atoms with E-state index in [1.807, 2.05) is 31.3 Å². The second-order valence-electron chi connectivity index (χ2n) is 13.4. The van der Waals surface area contributed by atoms with Gasteiger partial charge in [-0.05, 0) is 76.2 Å². The van der Waals surface area contributed by atoms with Gasteiger partial charge in [-0.3, -0.25) is 9.98 Å². The van der Waals surface area contributed by atoms with Crippen LogP contribution in [0.5, 0.6) is 11.5 Å². The van der Waals surface area contributed by atoms with Crippen LogP contribution in [-0.2, 0) is 11.8 Å². The van der Waals surface area contributed by atoms with Gasteiger partial charge in [-0.15, -0.1) is 0 Å². The minimum atomic E-state index is -0.559. The number of aliphatic imine (C=N–C) groups is 1. The molecule has 0 atom stereocenters. The molecule has 0 unspecified atom stereocenters. The molecule has 1 aliphatic heterocycles. The second-order valence-corrected chi connectivity index (χ2v) is 13.4. The van der Waals surface area contributed by atoms with Crippen LogP contribution in [0.15, 0.2) is 193 Å². The van der Waals surface area contributed by atoms with Crippen molar-refractivity contribution >= 4 is 5.71 Å². The highest BCUT2D eigenvalue weighted by atomic mass is 16.5. The topological polar surface area (TPSA) is 34.5 Å². The number of aromatic nitrogens is 1. The molecule has 0 fully saturated rings. The van der Waals surface area contributed by atoms with Crippen molar-refractivity contribution in [3.63, 3.8) is 0 Å². The molecule has 248 valence electrons. The molecule has 9 rings (SSSR count). The normalized spacial score (nSPS) is 13.6. The van der Waals surface area contributed by atoms with E-state index in [4.69, 9.17) is 14.7 Å². The Bertz CT molecular complexity index is 2440. The number of fused-ring (bicyclic) bond motifs is 9. The van der Waals surface area contributed by atoms with E-state index in [9.17, 15) is 0 Å². The fourth-order valence-electron chi connectivity index (χ4n) is 8.06. The van der Waals surface area contributed by atoms with Crippen molar-refractivity contribution in [2.75, 3.05) is 0 Å². The quantitative estimate of drug-likeness (QED) is 0.158. The van der Waals surface area contributed by atoms with Crippen LogP contribution in [0.25, 0.3) is 33.5 Å². The van der Waals surface area contributed by atoms with E-state index in [-0.39, 0.29) is 0 Å². The highest BCUT2D eigenvalue weighted by Gasteiger charge is 2.51. The zero-order valence-corrected chi connectivity index (χ0v) is 29.0. The van der Waals surface area contributed by atoms with Gasteiger partial charge in [0, 0.05) is 40.6 Å². The molecule has 0 N–H and O–H groups in total. The average Bonchev–Trinajstić information content (AvgIpc) is 3.48. The third-order valence-corrected chi connectivity index (χ3v) is 10.3. The van der Waals surface area contributed by atoms with E-state index >= 15 is 0 Å². The van der Waals surface area contributed by atoms with E-state index in [2.05, 4.69) is 158 Å². The molecular weight excluding hydrogens is 633 g/mol. The number of allylic oxidation sites excluding steroid dienone is 2. The van der Waals surface area contributed by atoms with Gasteiger partial charge in [-0.2, -0.15) is 0 Å². The van der Waals surface area contributed by atoms with Crippen LogP contribution >= 0.6 is 0 Å². The zero-order chi connectivity index (χ0) is 35.1. The summed E-state index contributed by atoms with van der Waals surface area (Å²) in [6.45, 7) is 6.66. The largest absolute Gasteiger partial charge is 0.457 e. The molecule has 1 aromatic heterocycles. The van der Waals surface area contributed by atoms with E-state index in [0.717, 1.165) is 67.6 Å². The molecule has 1 spiro atoms. The van der Waals surface area contributed by atoms with Crippen LogP contribution in [0, 0.1) is 0 Å². The summed E-state index contributed by atoms with van der Waals surface area (Å²) in [4.78, 5) is 10.2. The van der Waals surface area contributed by atoms with Crippen molar-refractivity contribution in [2.24, 2.45) is 4.99 Å². The lowest BCUT2D eigenvalue weighted by molar-refractivity contribution is 0.436. The lowest BCUT2D eigenvalue weighted by atomic mass is 9.66. The maximum Gasteiger partial charge on any atom is 0.132 e. The summed E-state index contributed by atoms with van der Waals surface area (Å²) < 4.78 is 6.56. The first kappa shape index (κ1) is 31.4. The number of pyridine rings is 1. The fourth-order valence-corrected chi connectivity index (χ4v) is 8.06. The van der Waals surface area contributed by atoms with Gasteiger partial charge in [0.25, 0.3) is 0 Å². The molecule has 2 heterocycles. The van der Waals surface area contributed by atoms with Crippen molar-refractivity contribution in [2.45, 2.75) is 18.8 Å². The molecule has 0 amide bonds. The Kier molecular flexibility index (Phi) is 7.82. The first-order valence-electron chi connectivity index (χ1n) is 17.8. The SMILES string of the molecule is C=C(Cc1cc(-c2ccccc2)cc(-c2ccccc2)n1)C(=N/C=C\C)c1ccc2c(c1)C1(c3ccccc3Oc3ccccc31)c1ccccc1-2. The highest BCUT2D eigenvalue weighted by molar-refractivity contribution is 6.13. The third-order valence-electron chi connectivity index (χ3n) is 10.3. The molecule has 3 heteroatoms. The van der Waals surface area contributed by atoms with Crippen LogP contribution in [0.2, 0.25) is 0 Å². The monoisotopic (exact) mass is 668 g/mol. The van der Waals surface area contributed by atoms with Gasteiger partial charge < -0.3 is 4.74 Å². The van der Waals surface area contributed by atoms with Gasteiger partial charge >= 0.3 is 0 Å². The van der Waals surface area contributed by atoms with Crippen LogP contribution in [-0.4, -0.2) is 10.7 Å². The summed E-state index contributed by atoms with van der Waals surface area (Å²) >= 11 is 0. The van der Waals surface area contributed by atoms with Crippen molar-refractivity contribution in [1.82, 2.24) is 4.98 Å². The third kappa shape index (κ3) is 5.13. The van der Waals surface area contributed by atoms with Gasteiger partial charge in [-0.25, -0.2) is 0 Å². The standard InChI is InChI=1S/C49H36N2O/c1-3-28-50-48(33(2)29-38-30-37(34-16-6-4-7-17-34)32-45(51-38)35-18-8-5-9-19-35)36-26-27-40-39-20-10-11-21-41(39)49(44(40)31-36)42-22-12-14-24-46(42)52-47-25-15-13-23-43(47)49/h3-28,30-32H,2,29H2,1H3/b28-3-,50-48?. The van der Waals surface area contributed by atoms with Gasteiger partial charge in [-0.1, -0.05) is 146 Å². The Morgan fingerprint density at radius 3 is 1.90 bits per heavy atom. The van der Waals surface area contributed by atoms with Crippen molar-refractivity contribution < 1.29 is 4.74 Å². The van der Waals surface area contributed by atoms with Gasteiger partial charge in [0.05, 0.1) is 16.8 Å². The molecule has 0 bridgehead atoms. The lowest BCUT2D eigenvalue weighted by Gasteiger charge is -2.39. The Balaban J connectivity index is 1.19. The molecule has 0 radical (unpaired) electrons. The fraction of sp³-hybridized carbons (Fsp3) is 0.0612. The molecule has 7 aromatic rings. The Morgan fingerprint density at radius 2 is 1.21 bits per heavy atom. The van der Waals surface area contributed by atoms with Gasteiger partial charge in [0.1, 0.15) is 11.5 Å². The number of hydrogen-bond donors (Lipinski definition) is 0. The van der Waals surface area contributed by atoms with Crippen LogP contribution in [0.1, 0.15) is 40.4 Å². The lowest BCUT2D eigenvalue weighted by Crippen LogP contribution is -2.32. The average molecular weight is 669 g/mol. The van der Waals surface area contributed by atoms with Crippen molar-refractivity contribution in [1.29, 1.82) is 0 Å². The molecule has 6 aromatic carbocycles. The first-order valence-corrected chi connectivity index (χ1v) is 17.8. The Labute approximate surface area is 305 Å². The highest BCUT2D eigenvalue weighted by Crippen LogP contribution is 2.62. The maximum absolute atomic E-state index is 6.56. The summed E-state index contributed by atoms with van der Waals surface area (Å²) in [7, 11) is 0. The van der Waals surface area contributed by atoms with Crippen LogP contribution < -0.4 is 4.74 Å². The summed E-state index contributed by atoms with van der Waals surface area (Å²) in [5.74, 6) is 1.75. The molecule has 0 saturated carbocycles. The first-order chi connectivity index (χ1) is 25.6. The van der Waals surface area contributed by atoms with Crippen LogP contribution in [0.4, 0.5) is 0 Å². The van der Waals surface area contributed by atoms with E-state index in [0.29, 0.717) is 6.42 Å². The number of ether oxygens (including phenoxy) is 1. The molecule has 52 heavy (non-hydrogen) atoms. The molecule has 0 saturated heterocycles. The number of nitrogens with zero attached hydrogens (tertiary/aromatic N) is 2. The Hall–Kier alpha value is -6.58. The Morgan fingerprint density at radius 1 is 0.615 bits per heavy atom. The second kappa shape index (κ2) is 12.9. The summed E-state index contributed by atoms with van der Waals surface area (Å²) in [6.07, 6.45) is 4.37. The number of para-hydroxylation sites is 2. The summed E-state index contributed by atoms with van der Waals surface area (Å²) in [5, 5.41) is 0. The predicted molar refractivity (Wildman–Crippen MR) is 213 cm³/mol. The van der Waals surface area contributed by atoms with Gasteiger partial charge in [0.15, 0.2) is 0 Å². The predicted octanol–water partition coefficient (Wildman–Crippen LogP) is 12.0. The van der Waals surface area contributed by atoms with E-state index in [1.165, 1.54) is 22.3 Å². The molecule has 2 aliphatic rings. The summed E-state index contributed by atoms with van der Waals surface area (Å²) in [6, 6.07) is 57.7. The van der Waals surface area contributed by atoms with Gasteiger partial charge in [0.2, 0.25) is 0 Å². The summed E-state index contributed by atoms with van der Waals surface area (Å²) in [5.41, 5.74) is 14.6. The van der Waals surface area contributed by atoms with Crippen LogP contribution in [0.3, 0.4) is 0 Å². The molecular formula is C49H36N2O. The maximum atomic E-state index is 6.56. The smallest absolute Gasteiger partial charge is 0.132 e. The van der Waals surface area contributed by atoms with E-state index in [1.54, 1.807) is 0 Å². The molecule has 1 aliphatic carbocycles. The minimum Gasteiger partial charge on any atom is -0.457 e. The number of benzene rings is 6. The minimum absolute atomic E-state index is 0.541. The van der Waals surface area contributed by atoms with Crippen molar-refractivity contribution in [3.05, 3.63) is 222 Å². The number of hydrogen-bond acceptors (Lipinski definition) is 3. The molecule has 3 nitrogen and oxygen atoms in total. The van der Waals surface area contributed by atoms with Crippen molar-refractivity contribution in [3.8, 4) is 45.0 Å². The zero-order valence-electron chi connectivity index (χ0n) is 29.0. The van der Waals surface area contributed by atoms with E-state index < -0.39 is 5.41 Å².